The molecule has 0 fully saturated rings. The van der Waals surface area contributed by atoms with Crippen molar-refractivity contribution in [2.75, 3.05) is 39.6 Å². The van der Waals surface area contributed by atoms with Crippen LogP contribution in [0, 0.1) is 11.8 Å². The van der Waals surface area contributed by atoms with Crippen LogP contribution >= 0.6 is 15.6 Å². The SMILES string of the molecule is CCCCCCCCCCCCCCCCCCC(=O)O[C@H](COC(=O)CCCCCCCCCCCCC(C)CC)COP(=O)(O)OC[C@@H](O)COP(=O)(O)OC[C@@H](COC(=O)CCCCCCCCC(C)C)OC(=O)CCCCCCCCCCCCCCCC. The third-order valence-corrected chi connectivity index (χ3v) is 19.5. The summed E-state index contributed by atoms with van der Waals surface area (Å²) in [6, 6.07) is 0. The van der Waals surface area contributed by atoms with Gasteiger partial charge in [0.25, 0.3) is 0 Å². The molecule has 17 nitrogen and oxygen atoms in total. The van der Waals surface area contributed by atoms with Gasteiger partial charge >= 0.3 is 39.5 Å². The number of unbranched alkanes of at least 4 members (excludes halogenated alkanes) is 42. The van der Waals surface area contributed by atoms with Gasteiger partial charge in [0.15, 0.2) is 12.2 Å². The molecule has 0 radical (unpaired) electrons. The van der Waals surface area contributed by atoms with E-state index in [0.29, 0.717) is 31.6 Å². The number of phosphoric ester groups is 2. The summed E-state index contributed by atoms with van der Waals surface area (Å²) in [5.41, 5.74) is 0. The summed E-state index contributed by atoms with van der Waals surface area (Å²) in [6.45, 7) is 9.54. The molecule has 3 unspecified atom stereocenters. The van der Waals surface area contributed by atoms with E-state index in [9.17, 15) is 43.2 Å². The van der Waals surface area contributed by atoms with Gasteiger partial charge < -0.3 is 33.8 Å². The Morgan fingerprint density at radius 1 is 0.312 bits per heavy atom. The van der Waals surface area contributed by atoms with Crippen LogP contribution in [-0.2, 0) is 65.4 Å². The molecule has 0 saturated carbocycles. The smallest absolute Gasteiger partial charge is 0.462 e. The van der Waals surface area contributed by atoms with Crippen molar-refractivity contribution in [3.05, 3.63) is 0 Å². The molecule has 552 valence electrons. The van der Waals surface area contributed by atoms with Crippen LogP contribution in [0.4, 0.5) is 0 Å². The highest BCUT2D eigenvalue weighted by Crippen LogP contribution is 2.45. The first-order valence-corrected chi connectivity index (χ1v) is 41.5. The zero-order valence-corrected chi connectivity index (χ0v) is 62.3. The molecule has 0 heterocycles. The Kier molecular flexibility index (Phi) is 64.6. The second kappa shape index (κ2) is 66.0. The number of carbonyl (C=O) groups excluding carboxylic acids is 4. The van der Waals surface area contributed by atoms with Crippen molar-refractivity contribution < 1.29 is 80.2 Å². The monoisotopic (exact) mass is 1370 g/mol. The van der Waals surface area contributed by atoms with Gasteiger partial charge in [-0.1, -0.05) is 330 Å². The van der Waals surface area contributed by atoms with Crippen LogP contribution in [0.25, 0.3) is 0 Å². The van der Waals surface area contributed by atoms with Crippen LogP contribution in [-0.4, -0.2) is 96.7 Å². The standard InChI is InChI=1S/C74H144O17P2/c1-7-10-12-14-16-18-20-22-24-25-27-29-35-39-47-53-59-73(78)90-69(62-84-71(76)56-50-44-37-33-31-30-32-36-43-49-55-67(6)9-3)64-88-92(80,81)86-60-68(75)61-87-93(82,83)89-65-70(63-85-72(77)57-51-45-41-40-42-48-54-66(4)5)91-74(79)58-52-46-38-34-28-26-23-21-19-17-15-13-11-8-2/h66-70,75H,7-65H2,1-6H3,(H,80,81)(H,82,83)/t67?,68-,69-,70-/m1/s1. The maximum atomic E-state index is 13.1. The molecule has 0 aromatic rings. The van der Waals surface area contributed by atoms with E-state index in [2.05, 4.69) is 41.5 Å². The van der Waals surface area contributed by atoms with E-state index in [4.69, 9.17) is 37.0 Å². The maximum absolute atomic E-state index is 13.1. The zero-order chi connectivity index (χ0) is 68.6. The minimum atomic E-state index is -4.96. The fraction of sp³-hybridized carbons (Fsp3) is 0.946. The molecule has 0 rings (SSSR count). The highest BCUT2D eigenvalue weighted by atomic mass is 31.2. The highest BCUT2D eigenvalue weighted by molar-refractivity contribution is 7.47. The van der Waals surface area contributed by atoms with Crippen molar-refractivity contribution in [2.45, 2.75) is 400 Å². The molecule has 6 atom stereocenters. The van der Waals surface area contributed by atoms with E-state index < -0.39 is 97.5 Å². The molecule has 0 aliphatic heterocycles. The lowest BCUT2D eigenvalue weighted by Crippen LogP contribution is -2.30. The van der Waals surface area contributed by atoms with Gasteiger partial charge in [-0.3, -0.25) is 37.3 Å². The van der Waals surface area contributed by atoms with E-state index in [1.54, 1.807) is 0 Å². The lowest BCUT2D eigenvalue weighted by Gasteiger charge is -2.21. The number of aliphatic hydroxyl groups is 1. The molecule has 0 aromatic carbocycles. The lowest BCUT2D eigenvalue weighted by atomic mass is 9.99. The molecular formula is C74H144O17P2. The molecular weight excluding hydrogens is 1220 g/mol. The highest BCUT2D eigenvalue weighted by Gasteiger charge is 2.30. The Hall–Kier alpha value is -1.94. The van der Waals surface area contributed by atoms with Gasteiger partial charge in [0.1, 0.15) is 19.3 Å². The summed E-state index contributed by atoms with van der Waals surface area (Å²) in [7, 11) is -9.91. The second-order valence-electron chi connectivity index (χ2n) is 27.4. The minimum Gasteiger partial charge on any atom is -0.462 e. The van der Waals surface area contributed by atoms with E-state index in [-0.39, 0.29) is 25.7 Å². The van der Waals surface area contributed by atoms with Gasteiger partial charge in [-0.15, -0.1) is 0 Å². The van der Waals surface area contributed by atoms with Gasteiger partial charge in [-0.05, 0) is 37.5 Å². The third-order valence-electron chi connectivity index (χ3n) is 17.6. The van der Waals surface area contributed by atoms with Gasteiger partial charge in [-0.2, -0.15) is 0 Å². The average Bonchev–Trinajstić information content (AvgIpc) is 3.16. The van der Waals surface area contributed by atoms with Crippen molar-refractivity contribution in [1.82, 2.24) is 0 Å². The van der Waals surface area contributed by atoms with Gasteiger partial charge in [-0.25, -0.2) is 9.13 Å². The fourth-order valence-electron chi connectivity index (χ4n) is 11.3. The van der Waals surface area contributed by atoms with Gasteiger partial charge in [0, 0.05) is 25.7 Å². The first-order chi connectivity index (χ1) is 44.9. The van der Waals surface area contributed by atoms with E-state index in [0.717, 1.165) is 102 Å². The van der Waals surface area contributed by atoms with E-state index in [1.165, 1.54) is 193 Å². The fourth-order valence-corrected chi connectivity index (χ4v) is 12.8. The molecule has 3 N–H and O–H groups in total. The van der Waals surface area contributed by atoms with Crippen LogP contribution in [0.5, 0.6) is 0 Å². The number of hydrogen-bond donors (Lipinski definition) is 3. The molecule has 93 heavy (non-hydrogen) atoms. The summed E-state index contributed by atoms with van der Waals surface area (Å²) >= 11 is 0. The quantitative estimate of drug-likeness (QED) is 0.0222. The Bertz CT molecular complexity index is 1810. The number of esters is 4. The zero-order valence-electron chi connectivity index (χ0n) is 60.6. The third kappa shape index (κ3) is 67.0. The van der Waals surface area contributed by atoms with Crippen LogP contribution in [0.2, 0.25) is 0 Å². The van der Waals surface area contributed by atoms with Crippen molar-refractivity contribution in [1.29, 1.82) is 0 Å². The summed E-state index contributed by atoms with van der Waals surface area (Å²) < 4.78 is 68.4. The molecule has 0 aliphatic rings. The van der Waals surface area contributed by atoms with Crippen LogP contribution in [0.1, 0.15) is 382 Å². The molecule has 0 bridgehead atoms. The van der Waals surface area contributed by atoms with Crippen LogP contribution in [0.15, 0.2) is 0 Å². The van der Waals surface area contributed by atoms with E-state index in [1.807, 2.05) is 0 Å². The molecule has 0 spiro atoms. The first kappa shape index (κ1) is 91.1. The molecule has 0 amide bonds. The molecule has 0 aromatic heterocycles. The summed E-state index contributed by atoms with van der Waals surface area (Å²) in [5, 5.41) is 10.6. The summed E-state index contributed by atoms with van der Waals surface area (Å²) in [6.07, 6.45) is 52.7. The first-order valence-electron chi connectivity index (χ1n) is 38.5. The largest absolute Gasteiger partial charge is 0.472 e. The predicted molar refractivity (Wildman–Crippen MR) is 377 cm³/mol. The van der Waals surface area contributed by atoms with Gasteiger partial charge in [0.2, 0.25) is 0 Å². The summed E-state index contributed by atoms with van der Waals surface area (Å²) in [4.78, 5) is 72.7. The van der Waals surface area contributed by atoms with Crippen LogP contribution in [0.3, 0.4) is 0 Å². The number of phosphoric acid groups is 2. The van der Waals surface area contributed by atoms with Crippen molar-refractivity contribution in [3.8, 4) is 0 Å². The Morgan fingerprint density at radius 2 is 0.548 bits per heavy atom. The van der Waals surface area contributed by atoms with Crippen molar-refractivity contribution >= 4 is 39.5 Å². The number of hydrogen-bond acceptors (Lipinski definition) is 15. The van der Waals surface area contributed by atoms with Crippen LogP contribution < -0.4 is 0 Å². The van der Waals surface area contributed by atoms with Crippen molar-refractivity contribution in [2.24, 2.45) is 11.8 Å². The number of ether oxygens (including phenoxy) is 4. The number of rotatable bonds is 73. The Morgan fingerprint density at radius 3 is 0.817 bits per heavy atom. The van der Waals surface area contributed by atoms with Gasteiger partial charge in [0.05, 0.1) is 26.4 Å². The maximum Gasteiger partial charge on any atom is 0.472 e. The number of carbonyl (C=O) groups is 4. The number of aliphatic hydroxyl groups excluding tert-OH is 1. The Balaban J connectivity index is 5.24. The van der Waals surface area contributed by atoms with E-state index >= 15 is 0 Å². The molecule has 0 aliphatic carbocycles. The normalized spacial score (nSPS) is 14.3. The molecule has 0 saturated heterocycles. The van der Waals surface area contributed by atoms with Crippen molar-refractivity contribution in [3.63, 3.8) is 0 Å². The topological polar surface area (TPSA) is 237 Å². The average molecular weight is 1370 g/mol. The summed E-state index contributed by atoms with van der Waals surface area (Å²) in [5.74, 6) is -0.629. The lowest BCUT2D eigenvalue weighted by molar-refractivity contribution is -0.161. The Labute approximate surface area is 568 Å². The second-order valence-corrected chi connectivity index (χ2v) is 30.3. The molecule has 19 heteroatoms. The minimum absolute atomic E-state index is 0.107. The predicted octanol–water partition coefficient (Wildman–Crippen LogP) is 21.6.